The fraction of sp³-hybridized carbons (Fsp3) is 0.111. The number of pyridine rings is 1. The Morgan fingerprint density at radius 1 is 0.850 bits per heavy atom. The van der Waals surface area contributed by atoms with E-state index < -0.39 is 28.2 Å². The van der Waals surface area contributed by atoms with Gasteiger partial charge in [0.2, 0.25) is 5.88 Å². The molecule has 13 heteroatoms. The summed E-state index contributed by atoms with van der Waals surface area (Å²) in [5, 5.41) is 22.9. The van der Waals surface area contributed by atoms with E-state index in [1.807, 2.05) is 0 Å². The van der Waals surface area contributed by atoms with Gasteiger partial charge in [-0.05, 0) is 55.5 Å². The van der Waals surface area contributed by atoms with Gasteiger partial charge in [-0.25, -0.2) is 4.98 Å². The van der Waals surface area contributed by atoms with E-state index in [0.29, 0.717) is 11.9 Å². The molecule has 206 valence electrons. The van der Waals surface area contributed by atoms with Crippen LogP contribution in [0.3, 0.4) is 0 Å². The highest BCUT2D eigenvalue weighted by Crippen LogP contribution is 2.34. The van der Waals surface area contributed by atoms with Gasteiger partial charge in [0.1, 0.15) is 28.0 Å². The van der Waals surface area contributed by atoms with Crippen LogP contribution in [0.15, 0.2) is 85.1 Å². The number of nitrogens with zero attached hydrogens (tertiary/aromatic N) is 2. The average molecular weight is 574 g/mol. The number of carbonyl (C=O) groups excluding carboxylic acids is 1. The Balaban J connectivity index is 1.45. The number of carbonyl (C=O) groups is 1. The first kappa shape index (κ1) is 28.2. The molecule has 0 aliphatic rings. The van der Waals surface area contributed by atoms with Crippen molar-refractivity contribution in [2.75, 3.05) is 0 Å². The van der Waals surface area contributed by atoms with Gasteiger partial charge in [0.25, 0.3) is 5.69 Å². The van der Waals surface area contributed by atoms with Gasteiger partial charge in [-0.2, -0.15) is 13.2 Å². The standard InChI is InChI=1S/C27H18ClF3N2O7/c1-26(25(34)35,16-2-5-18(6-3-16)38-21-11-12-23(33(36)37)22(28)14-21)40-20-9-7-19(8-10-20)39-24-13-4-17(15-32-24)27(29,30)31/h2-15H,1H3,(H,34,35)/p-1. The molecule has 0 saturated heterocycles. The Morgan fingerprint density at radius 2 is 1.40 bits per heavy atom. The number of ether oxygens (including phenoxy) is 3. The molecule has 9 nitrogen and oxygen atoms in total. The van der Waals surface area contributed by atoms with Crippen LogP contribution in [0.4, 0.5) is 18.9 Å². The molecule has 0 bridgehead atoms. The fourth-order valence-corrected chi connectivity index (χ4v) is 3.67. The van der Waals surface area contributed by atoms with E-state index in [0.717, 1.165) is 12.1 Å². The first-order valence-corrected chi connectivity index (χ1v) is 11.7. The van der Waals surface area contributed by atoms with Crippen molar-refractivity contribution in [1.29, 1.82) is 0 Å². The molecule has 0 spiro atoms. The molecule has 1 aromatic heterocycles. The lowest BCUT2D eigenvalue weighted by Crippen LogP contribution is -2.47. The topological polar surface area (TPSA) is 124 Å². The highest BCUT2D eigenvalue weighted by molar-refractivity contribution is 6.32. The van der Waals surface area contributed by atoms with Crippen LogP contribution in [0.5, 0.6) is 28.9 Å². The lowest BCUT2D eigenvalue weighted by molar-refractivity contribution is -0.384. The number of benzene rings is 3. The molecule has 0 radical (unpaired) electrons. The number of aromatic nitrogens is 1. The maximum atomic E-state index is 12.7. The van der Waals surface area contributed by atoms with Gasteiger partial charge < -0.3 is 24.1 Å². The third-order valence-electron chi connectivity index (χ3n) is 5.58. The number of rotatable bonds is 9. The van der Waals surface area contributed by atoms with Gasteiger partial charge in [0, 0.05) is 30.0 Å². The summed E-state index contributed by atoms with van der Waals surface area (Å²) in [6.45, 7) is 1.30. The predicted molar refractivity (Wildman–Crippen MR) is 133 cm³/mol. The maximum absolute atomic E-state index is 12.7. The van der Waals surface area contributed by atoms with Crippen molar-refractivity contribution < 1.29 is 42.2 Å². The number of aliphatic carboxylic acids is 1. The lowest BCUT2D eigenvalue weighted by Gasteiger charge is -2.32. The summed E-state index contributed by atoms with van der Waals surface area (Å²) in [7, 11) is 0. The Hall–Kier alpha value is -4.84. The maximum Gasteiger partial charge on any atom is 0.417 e. The number of alkyl halides is 3. The quantitative estimate of drug-likeness (QED) is 0.169. The Bertz CT molecular complexity index is 1530. The number of carboxylic acid groups (broad SMARTS) is 1. The summed E-state index contributed by atoms with van der Waals surface area (Å²) in [5.41, 5.74) is -2.90. The molecule has 4 aromatic rings. The average Bonchev–Trinajstić information content (AvgIpc) is 2.90. The number of halogens is 4. The van der Waals surface area contributed by atoms with E-state index >= 15 is 0 Å². The third-order valence-corrected chi connectivity index (χ3v) is 5.88. The van der Waals surface area contributed by atoms with Crippen LogP contribution in [-0.4, -0.2) is 15.9 Å². The molecule has 0 saturated carbocycles. The Morgan fingerprint density at radius 3 is 1.93 bits per heavy atom. The van der Waals surface area contributed by atoms with Gasteiger partial charge in [0.15, 0.2) is 5.60 Å². The Labute approximate surface area is 229 Å². The second kappa shape index (κ2) is 11.1. The molecule has 1 unspecified atom stereocenters. The normalized spacial score (nSPS) is 12.7. The van der Waals surface area contributed by atoms with Crippen molar-refractivity contribution in [3.8, 4) is 28.9 Å². The molecule has 0 amide bonds. The molecule has 0 N–H and O–H groups in total. The molecule has 1 heterocycles. The van der Waals surface area contributed by atoms with E-state index in [2.05, 4.69) is 4.98 Å². The minimum absolute atomic E-state index is 0.0699. The lowest BCUT2D eigenvalue weighted by atomic mass is 9.95. The van der Waals surface area contributed by atoms with E-state index in [1.54, 1.807) is 0 Å². The second-order valence-electron chi connectivity index (χ2n) is 8.38. The van der Waals surface area contributed by atoms with Crippen LogP contribution < -0.4 is 19.3 Å². The SMILES string of the molecule is CC(Oc1ccc(Oc2ccc(C(F)(F)F)cn2)cc1)(C(=O)[O-])c1ccc(Oc2ccc([N+](=O)[O-])c(Cl)c2)cc1. The number of nitro benzene ring substituents is 1. The minimum Gasteiger partial charge on any atom is -0.545 e. The second-order valence-corrected chi connectivity index (χ2v) is 8.78. The van der Waals surface area contributed by atoms with Crippen molar-refractivity contribution in [1.82, 2.24) is 4.98 Å². The summed E-state index contributed by atoms with van der Waals surface area (Å²) in [6.07, 6.45) is -3.87. The van der Waals surface area contributed by atoms with Crippen molar-refractivity contribution >= 4 is 23.3 Å². The largest absolute Gasteiger partial charge is 0.545 e. The zero-order chi connectivity index (χ0) is 29.1. The molecular formula is C27H17ClF3N2O7-. The smallest absolute Gasteiger partial charge is 0.417 e. The minimum atomic E-state index is -4.52. The predicted octanol–water partition coefficient (Wildman–Crippen LogP) is 6.29. The highest BCUT2D eigenvalue weighted by atomic mass is 35.5. The van der Waals surface area contributed by atoms with Crippen molar-refractivity contribution in [3.05, 3.63) is 111 Å². The van der Waals surface area contributed by atoms with Crippen molar-refractivity contribution in [2.24, 2.45) is 0 Å². The van der Waals surface area contributed by atoms with Gasteiger partial charge >= 0.3 is 6.18 Å². The van der Waals surface area contributed by atoms with Gasteiger partial charge in [-0.15, -0.1) is 0 Å². The summed E-state index contributed by atoms with van der Waals surface area (Å²) >= 11 is 5.90. The monoisotopic (exact) mass is 573 g/mol. The first-order chi connectivity index (χ1) is 18.8. The van der Waals surface area contributed by atoms with Gasteiger partial charge in [0.05, 0.1) is 16.5 Å². The van der Waals surface area contributed by atoms with Crippen molar-refractivity contribution in [3.63, 3.8) is 0 Å². The summed E-state index contributed by atoms with van der Waals surface area (Å²) < 4.78 is 54.9. The van der Waals surface area contributed by atoms with Gasteiger partial charge in [-0.1, -0.05) is 23.7 Å². The molecule has 0 fully saturated rings. The summed E-state index contributed by atoms with van der Waals surface area (Å²) in [4.78, 5) is 26.0. The van der Waals surface area contributed by atoms with Crippen LogP contribution in [-0.2, 0) is 16.6 Å². The van der Waals surface area contributed by atoms with E-state index in [-0.39, 0.29) is 39.4 Å². The van der Waals surface area contributed by atoms with E-state index in [9.17, 15) is 33.2 Å². The zero-order valence-corrected chi connectivity index (χ0v) is 21.1. The first-order valence-electron chi connectivity index (χ1n) is 11.3. The number of carboxylic acids is 1. The molecule has 3 aromatic carbocycles. The van der Waals surface area contributed by atoms with Crippen molar-refractivity contribution in [2.45, 2.75) is 18.7 Å². The number of hydrogen-bond acceptors (Lipinski definition) is 8. The highest BCUT2D eigenvalue weighted by Gasteiger charge is 2.32. The molecule has 0 aliphatic heterocycles. The van der Waals surface area contributed by atoms with Crippen LogP contribution >= 0.6 is 11.6 Å². The molecule has 1 atom stereocenters. The third kappa shape index (κ3) is 6.41. The molecular weight excluding hydrogens is 557 g/mol. The van der Waals surface area contributed by atoms with Crippen LogP contribution in [0, 0.1) is 10.1 Å². The summed E-state index contributed by atoms with van der Waals surface area (Å²) in [5.74, 6) is -0.705. The van der Waals surface area contributed by atoms with Crippen LogP contribution in [0.25, 0.3) is 0 Å². The zero-order valence-electron chi connectivity index (χ0n) is 20.3. The number of nitro groups is 1. The summed E-state index contributed by atoms with van der Waals surface area (Å²) in [6, 6.07) is 17.3. The van der Waals surface area contributed by atoms with E-state index in [4.69, 9.17) is 25.8 Å². The van der Waals surface area contributed by atoms with Crippen LogP contribution in [0.1, 0.15) is 18.1 Å². The number of hydrogen-bond donors (Lipinski definition) is 0. The Kier molecular flexibility index (Phi) is 7.82. The molecule has 0 aliphatic carbocycles. The van der Waals surface area contributed by atoms with E-state index in [1.165, 1.54) is 73.7 Å². The molecule has 4 rings (SSSR count). The fourth-order valence-electron chi connectivity index (χ4n) is 3.44. The van der Waals surface area contributed by atoms with Crippen LogP contribution in [0.2, 0.25) is 5.02 Å². The van der Waals surface area contributed by atoms with Gasteiger partial charge in [-0.3, -0.25) is 10.1 Å². The molecule has 40 heavy (non-hydrogen) atoms.